The van der Waals surface area contributed by atoms with Crippen molar-refractivity contribution in [3.8, 4) is 11.1 Å². The molecule has 0 bridgehead atoms. The summed E-state index contributed by atoms with van der Waals surface area (Å²) in [4.78, 5) is 37.0. The Bertz CT molecular complexity index is 1040. The zero-order valence-corrected chi connectivity index (χ0v) is 19.4. The van der Waals surface area contributed by atoms with E-state index in [2.05, 4.69) is 22.8 Å². The molecule has 2 aromatic rings. The number of hydrogen-bond donors (Lipinski definition) is 3. The summed E-state index contributed by atoms with van der Waals surface area (Å²) in [6, 6.07) is 15.6. The normalized spacial score (nSPS) is 17.1. The maximum Gasteiger partial charge on any atom is 0.408 e. The van der Waals surface area contributed by atoms with Crippen molar-refractivity contribution < 1.29 is 29.0 Å². The van der Waals surface area contributed by atoms with Crippen molar-refractivity contribution in [2.45, 2.75) is 43.7 Å². The number of hydrogen-bond acceptors (Lipinski definition) is 5. The van der Waals surface area contributed by atoms with E-state index in [9.17, 15) is 19.5 Å². The van der Waals surface area contributed by atoms with Gasteiger partial charge in [-0.2, -0.15) is 0 Å². The highest BCUT2D eigenvalue weighted by Crippen LogP contribution is 2.44. The Balaban J connectivity index is 1.42. The molecule has 1 saturated carbocycles. The second-order valence-corrected chi connectivity index (χ2v) is 9.23. The predicted molar refractivity (Wildman–Crippen MR) is 125 cm³/mol. The zero-order valence-electron chi connectivity index (χ0n) is 19.4. The van der Waals surface area contributed by atoms with E-state index in [-0.39, 0.29) is 31.5 Å². The van der Waals surface area contributed by atoms with Crippen molar-refractivity contribution in [2.24, 2.45) is 5.92 Å². The van der Waals surface area contributed by atoms with Crippen LogP contribution in [-0.2, 0) is 19.1 Å². The highest BCUT2D eigenvalue weighted by Gasteiger charge is 2.41. The van der Waals surface area contributed by atoms with Crippen molar-refractivity contribution >= 4 is 18.0 Å². The maximum absolute atomic E-state index is 13.0. The average Bonchev–Trinajstić information content (AvgIpc) is 3.60. The van der Waals surface area contributed by atoms with Crippen LogP contribution in [-0.4, -0.2) is 55.0 Å². The molecule has 2 atom stereocenters. The van der Waals surface area contributed by atoms with Gasteiger partial charge in [0.25, 0.3) is 0 Å². The molecule has 4 rings (SSSR count). The Morgan fingerprint density at radius 3 is 2.18 bits per heavy atom. The first-order valence-electron chi connectivity index (χ1n) is 11.5. The fourth-order valence-electron chi connectivity index (χ4n) is 4.66. The highest BCUT2D eigenvalue weighted by atomic mass is 16.5. The standard InChI is InChI=1S/C26H30N2O6/c1-26(15-33-2,24(31)27-22(13-23(29)30)16-11-12-16)28-25(32)34-14-21-19-9-5-3-7-17(19)18-8-4-6-10-20(18)21/h3-10,16,21-22H,11-15H2,1-2H3,(H,27,31)(H,28,32)(H,29,30). The van der Waals surface area contributed by atoms with Crippen molar-refractivity contribution in [2.75, 3.05) is 20.3 Å². The lowest BCUT2D eigenvalue weighted by Gasteiger charge is -2.30. The van der Waals surface area contributed by atoms with Gasteiger partial charge in [0.05, 0.1) is 13.0 Å². The lowest BCUT2D eigenvalue weighted by molar-refractivity contribution is -0.138. The van der Waals surface area contributed by atoms with E-state index in [1.54, 1.807) is 0 Å². The van der Waals surface area contributed by atoms with Gasteiger partial charge in [-0.25, -0.2) is 4.79 Å². The number of carboxylic acid groups (broad SMARTS) is 1. The van der Waals surface area contributed by atoms with Gasteiger partial charge in [-0.1, -0.05) is 48.5 Å². The molecule has 8 nitrogen and oxygen atoms in total. The molecule has 2 aromatic carbocycles. The zero-order chi connectivity index (χ0) is 24.3. The quantitative estimate of drug-likeness (QED) is 0.495. The van der Waals surface area contributed by atoms with Gasteiger partial charge in [-0.3, -0.25) is 9.59 Å². The molecule has 0 saturated heterocycles. The first-order valence-corrected chi connectivity index (χ1v) is 11.5. The molecule has 0 radical (unpaired) electrons. The first-order chi connectivity index (χ1) is 16.3. The number of carbonyl (C=O) groups excluding carboxylic acids is 2. The molecular formula is C26H30N2O6. The first kappa shape index (κ1) is 23.8. The third-order valence-electron chi connectivity index (χ3n) is 6.56. The summed E-state index contributed by atoms with van der Waals surface area (Å²) in [6.07, 6.45) is 0.848. The number of carbonyl (C=O) groups is 3. The minimum Gasteiger partial charge on any atom is -0.481 e. The van der Waals surface area contributed by atoms with Crippen LogP contribution in [0.3, 0.4) is 0 Å². The second kappa shape index (κ2) is 9.85. The Morgan fingerprint density at radius 2 is 1.65 bits per heavy atom. The monoisotopic (exact) mass is 466 g/mol. The lowest BCUT2D eigenvalue weighted by Crippen LogP contribution is -2.61. The molecule has 0 aromatic heterocycles. The van der Waals surface area contributed by atoms with Gasteiger partial charge in [0.15, 0.2) is 0 Å². The number of carboxylic acids is 1. The molecular weight excluding hydrogens is 436 g/mol. The van der Waals surface area contributed by atoms with Gasteiger partial charge in [-0.05, 0) is 47.9 Å². The summed E-state index contributed by atoms with van der Waals surface area (Å²) in [5, 5.41) is 14.6. The van der Waals surface area contributed by atoms with E-state index in [1.165, 1.54) is 14.0 Å². The summed E-state index contributed by atoms with van der Waals surface area (Å²) in [7, 11) is 1.43. The van der Waals surface area contributed by atoms with Gasteiger partial charge in [0.2, 0.25) is 5.91 Å². The minimum absolute atomic E-state index is 0.0898. The number of methoxy groups -OCH3 is 1. The topological polar surface area (TPSA) is 114 Å². The molecule has 0 spiro atoms. The fourth-order valence-corrected chi connectivity index (χ4v) is 4.66. The van der Waals surface area contributed by atoms with E-state index in [1.807, 2.05) is 36.4 Å². The summed E-state index contributed by atoms with van der Waals surface area (Å²) in [6.45, 7) is 1.57. The van der Waals surface area contributed by atoms with Crippen LogP contribution in [0, 0.1) is 5.92 Å². The molecule has 3 N–H and O–H groups in total. The predicted octanol–water partition coefficient (Wildman–Crippen LogP) is 3.30. The van der Waals surface area contributed by atoms with E-state index < -0.39 is 29.6 Å². The highest BCUT2D eigenvalue weighted by molar-refractivity contribution is 5.90. The molecule has 2 unspecified atom stereocenters. The number of fused-ring (bicyclic) bond motifs is 3. The number of ether oxygens (including phenoxy) is 2. The number of benzene rings is 2. The summed E-state index contributed by atoms with van der Waals surface area (Å²) in [5.74, 6) is -1.44. The maximum atomic E-state index is 13.0. The van der Waals surface area contributed by atoms with E-state index >= 15 is 0 Å². The molecule has 34 heavy (non-hydrogen) atoms. The van der Waals surface area contributed by atoms with Crippen LogP contribution in [0.25, 0.3) is 11.1 Å². The number of aliphatic carboxylic acids is 1. The van der Waals surface area contributed by atoms with E-state index in [0.717, 1.165) is 35.1 Å². The largest absolute Gasteiger partial charge is 0.481 e. The van der Waals surface area contributed by atoms with Crippen molar-refractivity contribution in [1.82, 2.24) is 10.6 Å². The fraction of sp³-hybridized carbons (Fsp3) is 0.423. The molecule has 2 aliphatic rings. The van der Waals surface area contributed by atoms with Crippen LogP contribution in [0.5, 0.6) is 0 Å². The second-order valence-electron chi connectivity index (χ2n) is 9.23. The molecule has 2 aliphatic carbocycles. The minimum atomic E-state index is -1.41. The molecule has 2 amide bonds. The van der Waals surface area contributed by atoms with Gasteiger partial charge in [0, 0.05) is 19.1 Å². The third kappa shape index (κ3) is 5.07. The van der Waals surface area contributed by atoms with Crippen LogP contribution < -0.4 is 10.6 Å². The Hall–Kier alpha value is -3.39. The smallest absolute Gasteiger partial charge is 0.408 e. The average molecular weight is 467 g/mol. The van der Waals surface area contributed by atoms with Crippen molar-refractivity contribution in [3.05, 3.63) is 59.7 Å². The molecule has 180 valence electrons. The van der Waals surface area contributed by atoms with E-state index in [4.69, 9.17) is 9.47 Å². The Morgan fingerprint density at radius 1 is 1.06 bits per heavy atom. The van der Waals surface area contributed by atoms with Gasteiger partial charge in [0.1, 0.15) is 12.1 Å². The molecule has 0 aliphatic heterocycles. The van der Waals surface area contributed by atoms with Crippen molar-refractivity contribution in [1.29, 1.82) is 0 Å². The Labute approximate surface area is 198 Å². The van der Waals surface area contributed by atoms with Crippen LogP contribution in [0.4, 0.5) is 4.79 Å². The summed E-state index contributed by atoms with van der Waals surface area (Å²) >= 11 is 0. The SMILES string of the molecule is COCC(C)(NC(=O)OCC1c2ccccc2-c2ccccc21)C(=O)NC(CC(=O)O)C1CC1. The van der Waals surface area contributed by atoms with Gasteiger partial charge < -0.3 is 25.2 Å². The molecule has 8 heteroatoms. The number of alkyl carbamates (subject to hydrolysis) is 1. The number of amides is 2. The van der Waals surface area contributed by atoms with Crippen LogP contribution in [0.15, 0.2) is 48.5 Å². The number of rotatable bonds is 10. The van der Waals surface area contributed by atoms with Crippen LogP contribution in [0.2, 0.25) is 0 Å². The van der Waals surface area contributed by atoms with Crippen molar-refractivity contribution in [3.63, 3.8) is 0 Å². The van der Waals surface area contributed by atoms with Crippen LogP contribution >= 0.6 is 0 Å². The molecule has 0 heterocycles. The van der Waals surface area contributed by atoms with E-state index in [0.29, 0.717) is 0 Å². The third-order valence-corrected chi connectivity index (χ3v) is 6.56. The lowest BCUT2D eigenvalue weighted by atomic mass is 9.98. The molecule has 1 fully saturated rings. The Kier molecular flexibility index (Phi) is 6.88. The van der Waals surface area contributed by atoms with Gasteiger partial charge >= 0.3 is 12.1 Å². The number of nitrogens with one attached hydrogen (secondary N) is 2. The summed E-state index contributed by atoms with van der Waals surface area (Å²) in [5.41, 5.74) is 3.02. The summed E-state index contributed by atoms with van der Waals surface area (Å²) < 4.78 is 10.8. The van der Waals surface area contributed by atoms with Crippen LogP contribution in [0.1, 0.15) is 43.2 Å². The van der Waals surface area contributed by atoms with Gasteiger partial charge in [-0.15, -0.1) is 0 Å².